The van der Waals surface area contributed by atoms with Gasteiger partial charge in [0.1, 0.15) is 13.2 Å². The van der Waals surface area contributed by atoms with Crippen molar-refractivity contribution in [2.24, 2.45) is 0 Å². The van der Waals surface area contributed by atoms with Gasteiger partial charge in [-0.25, -0.2) is 0 Å². The monoisotopic (exact) mass is 967 g/mol. The largest absolute Gasteiger partial charge is 0.462 e. The molecule has 1 atom stereocenters. The molecule has 0 aromatic heterocycles. The first-order chi connectivity index (χ1) is 34.0. The number of allylic oxidation sites excluding steroid dienone is 8. The molecule has 0 spiro atoms. The van der Waals surface area contributed by atoms with E-state index in [4.69, 9.17) is 14.2 Å². The normalized spacial score (nSPS) is 12.3. The van der Waals surface area contributed by atoms with E-state index in [0.29, 0.717) is 19.3 Å². The molecule has 6 nitrogen and oxygen atoms in total. The van der Waals surface area contributed by atoms with E-state index in [1.165, 1.54) is 186 Å². The second kappa shape index (κ2) is 57.9. The van der Waals surface area contributed by atoms with Crippen molar-refractivity contribution in [2.45, 2.75) is 322 Å². The van der Waals surface area contributed by atoms with Gasteiger partial charge in [-0.05, 0) is 83.5 Å². The Bertz CT molecular complexity index is 1200. The molecule has 0 aliphatic rings. The lowest BCUT2D eigenvalue weighted by molar-refractivity contribution is -0.167. The minimum atomic E-state index is -0.775. The van der Waals surface area contributed by atoms with Crippen molar-refractivity contribution in [1.82, 2.24) is 0 Å². The summed E-state index contributed by atoms with van der Waals surface area (Å²) in [4.78, 5) is 37.9. The fraction of sp³-hybridized carbons (Fsp3) is 0.825. The van der Waals surface area contributed by atoms with E-state index >= 15 is 0 Å². The Labute approximate surface area is 428 Å². The lowest BCUT2D eigenvalue weighted by Crippen LogP contribution is -2.30. The molecular weight excluding hydrogens is 853 g/mol. The van der Waals surface area contributed by atoms with Gasteiger partial charge in [0, 0.05) is 19.3 Å². The maximum absolute atomic E-state index is 12.8. The van der Waals surface area contributed by atoms with Crippen molar-refractivity contribution in [1.29, 1.82) is 0 Å². The summed E-state index contributed by atoms with van der Waals surface area (Å²) in [6, 6.07) is 0. The molecular formula is C63H114O6. The van der Waals surface area contributed by atoms with Crippen LogP contribution in [0.1, 0.15) is 316 Å². The Kier molecular flexibility index (Phi) is 55.7. The zero-order chi connectivity index (χ0) is 50.0. The molecule has 0 heterocycles. The van der Waals surface area contributed by atoms with Crippen LogP contribution in [0.15, 0.2) is 48.6 Å². The predicted octanol–water partition coefficient (Wildman–Crippen LogP) is 20.2. The number of carbonyl (C=O) groups is 3. The molecule has 0 N–H and O–H groups in total. The van der Waals surface area contributed by atoms with Gasteiger partial charge < -0.3 is 14.2 Å². The van der Waals surface area contributed by atoms with Crippen LogP contribution in [-0.2, 0) is 28.6 Å². The third-order valence-corrected chi connectivity index (χ3v) is 13.3. The van der Waals surface area contributed by atoms with Crippen LogP contribution in [-0.4, -0.2) is 37.2 Å². The molecule has 0 fully saturated rings. The number of hydrogen-bond acceptors (Lipinski definition) is 6. The van der Waals surface area contributed by atoms with Gasteiger partial charge in [0.2, 0.25) is 0 Å². The van der Waals surface area contributed by atoms with Gasteiger partial charge in [-0.2, -0.15) is 0 Å². The average Bonchev–Trinajstić information content (AvgIpc) is 3.35. The molecule has 6 heteroatoms. The Morgan fingerprint density at radius 2 is 0.522 bits per heavy atom. The summed E-state index contributed by atoms with van der Waals surface area (Å²) in [7, 11) is 0. The highest BCUT2D eigenvalue weighted by molar-refractivity contribution is 5.71. The standard InChI is InChI=1S/C63H114O6/c1-4-7-10-13-16-18-20-22-24-26-27-28-29-30-31-32-33-34-35-36-37-38-40-41-43-45-47-50-53-56-62(65)68-59-60(58-67-61(64)55-52-49-15-12-9-6-3)69-63(66)57-54-51-48-46-44-42-39-25-23-21-19-17-14-11-8-5-2/h19-22,25-27,39,60H,4-18,23-24,28-38,40-59H2,1-3H3/b21-19-,22-20-,27-26-,39-25-. The number of rotatable bonds is 55. The topological polar surface area (TPSA) is 78.9 Å². The van der Waals surface area contributed by atoms with Crippen LogP contribution >= 0.6 is 0 Å². The third-order valence-electron chi connectivity index (χ3n) is 13.3. The van der Waals surface area contributed by atoms with E-state index in [9.17, 15) is 14.4 Å². The zero-order valence-corrected chi connectivity index (χ0v) is 46.1. The Balaban J connectivity index is 4.02. The second-order valence-corrected chi connectivity index (χ2v) is 20.3. The van der Waals surface area contributed by atoms with E-state index in [0.717, 1.165) is 89.9 Å². The van der Waals surface area contributed by atoms with Gasteiger partial charge >= 0.3 is 17.9 Å². The van der Waals surface area contributed by atoms with Gasteiger partial charge in [0.15, 0.2) is 6.10 Å². The van der Waals surface area contributed by atoms with Gasteiger partial charge in [-0.15, -0.1) is 0 Å². The molecule has 0 aliphatic carbocycles. The van der Waals surface area contributed by atoms with Crippen molar-refractivity contribution in [2.75, 3.05) is 13.2 Å². The molecule has 0 aromatic carbocycles. The third kappa shape index (κ3) is 56.2. The first kappa shape index (κ1) is 66.4. The van der Waals surface area contributed by atoms with Crippen molar-refractivity contribution in [3.63, 3.8) is 0 Å². The number of unbranched alkanes of at least 4 members (excludes halogenated alkanes) is 36. The minimum absolute atomic E-state index is 0.0760. The van der Waals surface area contributed by atoms with Crippen molar-refractivity contribution >= 4 is 17.9 Å². The minimum Gasteiger partial charge on any atom is -0.462 e. The first-order valence-electron chi connectivity index (χ1n) is 30.1. The van der Waals surface area contributed by atoms with Crippen LogP contribution in [0.5, 0.6) is 0 Å². The van der Waals surface area contributed by atoms with E-state index in [2.05, 4.69) is 69.4 Å². The summed E-state index contributed by atoms with van der Waals surface area (Å²) in [6.07, 6.45) is 71.5. The fourth-order valence-electron chi connectivity index (χ4n) is 8.74. The fourth-order valence-corrected chi connectivity index (χ4v) is 8.74. The van der Waals surface area contributed by atoms with Crippen molar-refractivity contribution < 1.29 is 28.6 Å². The second-order valence-electron chi connectivity index (χ2n) is 20.3. The maximum Gasteiger partial charge on any atom is 0.306 e. The highest BCUT2D eigenvalue weighted by Gasteiger charge is 2.19. The van der Waals surface area contributed by atoms with E-state index in [-0.39, 0.29) is 31.1 Å². The molecule has 69 heavy (non-hydrogen) atoms. The lowest BCUT2D eigenvalue weighted by atomic mass is 10.0. The summed E-state index contributed by atoms with van der Waals surface area (Å²) in [5.74, 6) is -0.887. The van der Waals surface area contributed by atoms with Gasteiger partial charge in [-0.1, -0.05) is 262 Å². The number of ether oxygens (including phenoxy) is 3. The smallest absolute Gasteiger partial charge is 0.306 e. The summed E-state index contributed by atoms with van der Waals surface area (Å²) in [5, 5.41) is 0. The molecule has 0 aliphatic heterocycles. The summed E-state index contributed by atoms with van der Waals surface area (Å²) < 4.78 is 16.8. The van der Waals surface area contributed by atoms with E-state index in [1.807, 2.05) is 0 Å². The van der Waals surface area contributed by atoms with Crippen LogP contribution in [0.3, 0.4) is 0 Å². The zero-order valence-electron chi connectivity index (χ0n) is 46.1. The van der Waals surface area contributed by atoms with Gasteiger partial charge in [0.05, 0.1) is 0 Å². The number of esters is 3. The molecule has 0 radical (unpaired) electrons. The van der Waals surface area contributed by atoms with Crippen LogP contribution in [0.4, 0.5) is 0 Å². The molecule has 0 saturated heterocycles. The lowest BCUT2D eigenvalue weighted by Gasteiger charge is -2.18. The Morgan fingerprint density at radius 3 is 0.812 bits per heavy atom. The van der Waals surface area contributed by atoms with Crippen molar-refractivity contribution in [3.8, 4) is 0 Å². The number of carbonyl (C=O) groups excluding carboxylic acids is 3. The molecule has 0 saturated carbocycles. The quantitative estimate of drug-likeness (QED) is 0.0262. The Morgan fingerprint density at radius 1 is 0.290 bits per heavy atom. The van der Waals surface area contributed by atoms with Gasteiger partial charge in [0.25, 0.3) is 0 Å². The Hall–Kier alpha value is -2.63. The summed E-state index contributed by atoms with van der Waals surface area (Å²) in [6.45, 7) is 6.57. The highest BCUT2D eigenvalue weighted by atomic mass is 16.6. The van der Waals surface area contributed by atoms with Crippen LogP contribution in [0, 0.1) is 0 Å². The molecule has 0 amide bonds. The number of hydrogen-bond donors (Lipinski definition) is 0. The first-order valence-corrected chi connectivity index (χ1v) is 30.1. The molecule has 0 bridgehead atoms. The summed E-state index contributed by atoms with van der Waals surface area (Å²) >= 11 is 0. The SMILES string of the molecule is CCCCCC/C=C\C/C=C\CCCCCCCC(=O)OC(COC(=O)CCCCCCCC)COC(=O)CCCCCCCCCCCCCCCCCCC/C=C\C/C=C\CCCCCCC. The van der Waals surface area contributed by atoms with Crippen molar-refractivity contribution in [3.05, 3.63) is 48.6 Å². The average molecular weight is 968 g/mol. The van der Waals surface area contributed by atoms with E-state index < -0.39 is 6.10 Å². The van der Waals surface area contributed by atoms with Crippen LogP contribution in [0.25, 0.3) is 0 Å². The molecule has 0 rings (SSSR count). The highest BCUT2D eigenvalue weighted by Crippen LogP contribution is 2.16. The van der Waals surface area contributed by atoms with E-state index in [1.54, 1.807) is 0 Å². The van der Waals surface area contributed by atoms with Crippen LogP contribution in [0.2, 0.25) is 0 Å². The molecule has 402 valence electrons. The van der Waals surface area contributed by atoms with Gasteiger partial charge in [-0.3, -0.25) is 14.4 Å². The predicted molar refractivity (Wildman–Crippen MR) is 298 cm³/mol. The maximum atomic E-state index is 12.8. The summed E-state index contributed by atoms with van der Waals surface area (Å²) in [5.41, 5.74) is 0. The molecule has 1 unspecified atom stereocenters. The molecule has 0 aromatic rings. The van der Waals surface area contributed by atoms with Crippen LogP contribution < -0.4 is 0 Å².